The van der Waals surface area contributed by atoms with E-state index in [1.165, 1.54) is 11.1 Å². The fourth-order valence-corrected chi connectivity index (χ4v) is 2.53. The van der Waals surface area contributed by atoms with Crippen molar-refractivity contribution >= 4 is 16.6 Å². The molecule has 1 aromatic heterocycles. The second kappa shape index (κ2) is 6.02. The SMILES string of the molecule is CCCN(c1c(CN)cnc2ccccc12)C(C)C. The zero-order valence-corrected chi connectivity index (χ0v) is 12.1. The number of aromatic nitrogens is 1. The Balaban J connectivity index is 2.66. The first kappa shape index (κ1) is 13.8. The van der Waals surface area contributed by atoms with Crippen molar-refractivity contribution in [3.63, 3.8) is 0 Å². The van der Waals surface area contributed by atoms with E-state index < -0.39 is 0 Å². The molecule has 0 saturated carbocycles. The molecular formula is C16H23N3. The van der Waals surface area contributed by atoms with Gasteiger partial charge in [-0.3, -0.25) is 4.98 Å². The van der Waals surface area contributed by atoms with Crippen LogP contribution < -0.4 is 10.6 Å². The molecule has 0 atom stereocenters. The summed E-state index contributed by atoms with van der Waals surface area (Å²) in [6.45, 7) is 8.23. The first-order chi connectivity index (χ1) is 9.19. The van der Waals surface area contributed by atoms with Gasteiger partial charge in [-0.15, -0.1) is 0 Å². The van der Waals surface area contributed by atoms with Crippen LogP contribution in [0.5, 0.6) is 0 Å². The standard InChI is InChI=1S/C16H23N3/c1-4-9-19(12(2)3)16-13(10-17)11-18-15-8-6-5-7-14(15)16/h5-8,11-12H,4,9-10,17H2,1-3H3. The van der Waals surface area contributed by atoms with Crippen LogP contribution in [0.1, 0.15) is 32.8 Å². The second-order valence-electron chi connectivity index (χ2n) is 5.14. The van der Waals surface area contributed by atoms with Gasteiger partial charge >= 0.3 is 0 Å². The number of rotatable bonds is 5. The van der Waals surface area contributed by atoms with Crippen molar-refractivity contribution in [3.05, 3.63) is 36.0 Å². The van der Waals surface area contributed by atoms with Crippen molar-refractivity contribution in [1.29, 1.82) is 0 Å². The molecule has 2 N–H and O–H groups in total. The normalized spacial score (nSPS) is 11.2. The summed E-state index contributed by atoms with van der Waals surface area (Å²) >= 11 is 0. The molecule has 3 nitrogen and oxygen atoms in total. The van der Waals surface area contributed by atoms with Crippen molar-refractivity contribution in [2.24, 2.45) is 5.73 Å². The molecule has 0 aliphatic rings. The topological polar surface area (TPSA) is 42.1 Å². The number of benzene rings is 1. The molecule has 0 fully saturated rings. The van der Waals surface area contributed by atoms with Gasteiger partial charge in [0, 0.05) is 36.3 Å². The summed E-state index contributed by atoms with van der Waals surface area (Å²) in [5.74, 6) is 0. The van der Waals surface area contributed by atoms with Crippen LogP contribution in [0, 0.1) is 0 Å². The minimum atomic E-state index is 0.455. The molecule has 2 rings (SSSR count). The van der Waals surface area contributed by atoms with Gasteiger partial charge in [0.25, 0.3) is 0 Å². The lowest BCUT2D eigenvalue weighted by Crippen LogP contribution is -2.32. The summed E-state index contributed by atoms with van der Waals surface area (Å²) in [6, 6.07) is 8.75. The molecule has 0 radical (unpaired) electrons. The van der Waals surface area contributed by atoms with Crippen molar-refractivity contribution < 1.29 is 0 Å². The van der Waals surface area contributed by atoms with Crippen LogP contribution in [0.4, 0.5) is 5.69 Å². The quantitative estimate of drug-likeness (QED) is 0.893. The monoisotopic (exact) mass is 257 g/mol. The van der Waals surface area contributed by atoms with Crippen LogP contribution in [0.2, 0.25) is 0 Å². The van der Waals surface area contributed by atoms with E-state index in [1.54, 1.807) is 0 Å². The highest BCUT2D eigenvalue weighted by Crippen LogP contribution is 2.30. The molecule has 102 valence electrons. The molecule has 0 saturated heterocycles. The van der Waals surface area contributed by atoms with E-state index in [2.05, 4.69) is 48.9 Å². The van der Waals surface area contributed by atoms with Gasteiger partial charge in [0.1, 0.15) is 0 Å². The maximum Gasteiger partial charge on any atom is 0.0723 e. The second-order valence-corrected chi connectivity index (χ2v) is 5.14. The van der Waals surface area contributed by atoms with Crippen molar-refractivity contribution in [2.75, 3.05) is 11.4 Å². The molecule has 0 bridgehead atoms. The van der Waals surface area contributed by atoms with Crippen LogP contribution in [0.3, 0.4) is 0 Å². The van der Waals surface area contributed by atoms with E-state index in [4.69, 9.17) is 5.73 Å². The summed E-state index contributed by atoms with van der Waals surface area (Å²) in [5, 5.41) is 1.20. The molecule has 0 unspecified atom stereocenters. The predicted octanol–water partition coefficient (Wildman–Crippen LogP) is 3.32. The summed E-state index contributed by atoms with van der Waals surface area (Å²) in [5.41, 5.74) is 9.33. The Morgan fingerprint density at radius 1 is 1.26 bits per heavy atom. The van der Waals surface area contributed by atoms with Gasteiger partial charge in [-0.1, -0.05) is 25.1 Å². The van der Waals surface area contributed by atoms with Crippen molar-refractivity contribution in [3.8, 4) is 0 Å². The zero-order valence-electron chi connectivity index (χ0n) is 12.1. The van der Waals surface area contributed by atoms with E-state index in [0.29, 0.717) is 12.6 Å². The lowest BCUT2D eigenvalue weighted by Gasteiger charge is -2.31. The fourth-order valence-electron chi connectivity index (χ4n) is 2.53. The molecule has 0 spiro atoms. The average Bonchev–Trinajstić information content (AvgIpc) is 2.43. The average molecular weight is 257 g/mol. The zero-order chi connectivity index (χ0) is 13.8. The van der Waals surface area contributed by atoms with Gasteiger partial charge in [-0.2, -0.15) is 0 Å². The minimum Gasteiger partial charge on any atom is -0.368 e. The van der Waals surface area contributed by atoms with Crippen LogP contribution in [0.25, 0.3) is 10.9 Å². The van der Waals surface area contributed by atoms with E-state index in [-0.39, 0.29) is 0 Å². The molecule has 1 aromatic carbocycles. The number of hydrogen-bond acceptors (Lipinski definition) is 3. The Labute approximate surface area is 115 Å². The van der Waals surface area contributed by atoms with Crippen molar-refractivity contribution in [1.82, 2.24) is 4.98 Å². The summed E-state index contributed by atoms with van der Waals surface area (Å²) in [6.07, 6.45) is 3.04. The van der Waals surface area contributed by atoms with E-state index >= 15 is 0 Å². The van der Waals surface area contributed by atoms with Gasteiger partial charge in [0.05, 0.1) is 11.2 Å². The van der Waals surface area contributed by atoms with Gasteiger partial charge in [-0.25, -0.2) is 0 Å². The molecule has 0 aliphatic carbocycles. The van der Waals surface area contributed by atoms with Crippen LogP contribution in [0.15, 0.2) is 30.5 Å². The first-order valence-electron chi connectivity index (χ1n) is 7.02. The lowest BCUT2D eigenvalue weighted by molar-refractivity contribution is 0.669. The number of hydrogen-bond donors (Lipinski definition) is 1. The predicted molar refractivity (Wildman–Crippen MR) is 82.4 cm³/mol. The molecule has 19 heavy (non-hydrogen) atoms. The molecule has 2 aromatic rings. The molecule has 0 aliphatic heterocycles. The number of anilines is 1. The molecule has 3 heteroatoms. The van der Waals surface area contributed by atoms with Crippen LogP contribution in [-0.2, 0) is 6.54 Å². The third kappa shape index (κ3) is 2.71. The molecule has 0 amide bonds. The Kier molecular flexibility index (Phi) is 4.38. The van der Waals surface area contributed by atoms with Gasteiger partial charge < -0.3 is 10.6 Å². The highest BCUT2D eigenvalue weighted by Gasteiger charge is 2.16. The third-order valence-electron chi connectivity index (χ3n) is 3.42. The van der Waals surface area contributed by atoms with Crippen molar-refractivity contribution in [2.45, 2.75) is 39.8 Å². The van der Waals surface area contributed by atoms with Crippen LogP contribution in [-0.4, -0.2) is 17.6 Å². The van der Waals surface area contributed by atoms with E-state index in [0.717, 1.165) is 24.0 Å². The lowest BCUT2D eigenvalue weighted by atomic mass is 10.1. The van der Waals surface area contributed by atoms with Crippen LogP contribution >= 0.6 is 0 Å². The maximum absolute atomic E-state index is 5.91. The first-order valence-corrected chi connectivity index (χ1v) is 7.02. The minimum absolute atomic E-state index is 0.455. The number of nitrogens with two attached hydrogens (primary N) is 1. The summed E-state index contributed by atoms with van der Waals surface area (Å²) < 4.78 is 0. The Hall–Kier alpha value is -1.61. The smallest absolute Gasteiger partial charge is 0.0723 e. The van der Waals surface area contributed by atoms with E-state index in [1.807, 2.05) is 12.3 Å². The Morgan fingerprint density at radius 2 is 2.00 bits per heavy atom. The third-order valence-corrected chi connectivity index (χ3v) is 3.42. The van der Waals surface area contributed by atoms with E-state index in [9.17, 15) is 0 Å². The summed E-state index contributed by atoms with van der Waals surface area (Å²) in [7, 11) is 0. The Bertz CT molecular complexity index is 549. The largest absolute Gasteiger partial charge is 0.368 e. The highest BCUT2D eigenvalue weighted by molar-refractivity contribution is 5.93. The number of para-hydroxylation sites is 1. The summed E-state index contributed by atoms with van der Waals surface area (Å²) in [4.78, 5) is 6.94. The van der Waals surface area contributed by atoms with Gasteiger partial charge in [0.15, 0.2) is 0 Å². The Morgan fingerprint density at radius 3 is 2.63 bits per heavy atom. The highest BCUT2D eigenvalue weighted by atomic mass is 15.2. The fraction of sp³-hybridized carbons (Fsp3) is 0.438. The number of fused-ring (bicyclic) bond motifs is 1. The van der Waals surface area contributed by atoms with Gasteiger partial charge in [-0.05, 0) is 26.3 Å². The number of pyridine rings is 1. The van der Waals surface area contributed by atoms with Gasteiger partial charge in [0.2, 0.25) is 0 Å². The number of nitrogens with zero attached hydrogens (tertiary/aromatic N) is 2. The molecular weight excluding hydrogens is 234 g/mol. The maximum atomic E-state index is 5.91. The molecule has 1 heterocycles.